The van der Waals surface area contributed by atoms with Gasteiger partial charge in [0.1, 0.15) is 0 Å². The second-order valence-electron chi connectivity index (χ2n) is 6.45. The number of para-hydroxylation sites is 1. The van der Waals surface area contributed by atoms with Crippen LogP contribution in [0, 0.1) is 0 Å². The summed E-state index contributed by atoms with van der Waals surface area (Å²) in [5.74, 6) is 0.0452. The summed E-state index contributed by atoms with van der Waals surface area (Å²) in [4.78, 5) is 28.2. The molecule has 2 aliphatic rings. The topological polar surface area (TPSA) is 73.9 Å². The maximum atomic E-state index is 12.1. The maximum absolute atomic E-state index is 12.1. The van der Waals surface area contributed by atoms with E-state index in [2.05, 4.69) is 15.5 Å². The number of morpholine rings is 1. The summed E-state index contributed by atoms with van der Waals surface area (Å²) >= 11 is 0. The molecular formula is C18H26N4O3. The average Bonchev–Trinajstić information content (AvgIpc) is 3.00. The van der Waals surface area contributed by atoms with Gasteiger partial charge >= 0.3 is 6.03 Å². The average molecular weight is 346 g/mol. The molecule has 2 aliphatic heterocycles. The zero-order valence-corrected chi connectivity index (χ0v) is 14.4. The Kier molecular flexibility index (Phi) is 6.25. The van der Waals surface area contributed by atoms with Crippen molar-refractivity contribution in [3.8, 4) is 0 Å². The van der Waals surface area contributed by atoms with Crippen molar-refractivity contribution in [3.63, 3.8) is 0 Å². The standard InChI is InChI=1S/C18H26N4O3/c23-17-13-15(14-22(17)16-5-2-1-3-6-16)20-18(24)19-7-4-8-21-9-11-25-12-10-21/h1-3,5-6,15H,4,7-14H2,(H2,19,20,24)/t15-/m0/s1. The van der Waals surface area contributed by atoms with Crippen LogP contribution in [0.5, 0.6) is 0 Å². The molecule has 2 saturated heterocycles. The van der Waals surface area contributed by atoms with Gasteiger partial charge < -0.3 is 20.3 Å². The Morgan fingerprint density at radius 3 is 2.72 bits per heavy atom. The predicted octanol–water partition coefficient (Wildman–Crippen LogP) is 0.813. The molecule has 0 aromatic heterocycles. The molecule has 1 aromatic carbocycles. The van der Waals surface area contributed by atoms with Crippen molar-refractivity contribution in [1.29, 1.82) is 0 Å². The van der Waals surface area contributed by atoms with Crippen LogP contribution in [0.15, 0.2) is 30.3 Å². The van der Waals surface area contributed by atoms with E-state index in [-0.39, 0.29) is 18.0 Å². The summed E-state index contributed by atoms with van der Waals surface area (Å²) in [6.07, 6.45) is 1.25. The lowest BCUT2D eigenvalue weighted by molar-refractivity contribution is -0.117. The van der Waals surface area contributed by atoms with Gasteiger partial charge in [0.15, 0.2) is 0 Å². The van der Waals surface area contributed by atoms with Gasteiger partial charge in [-0.3, -0.25) is 9.69 Å². The highest BCUT2D eigenvalue weighted by molar-refractivity contribution is 5.96. The molecule has 25 heavy (non-hydrogen) atoms. The molecule has 3 rings (SSSR count). The summed E-state index contributed by atoms with van der Waals surface area (Å²) < 4.78 is 5.31. The Hall–Kier alpha value is -2.12. The normalized spacial score (nSPS) is 21.4. The minimum Gasteiger partial charge on any atom is -0.379 e. The molecule has 0 radical (unpaired) electrons. The van der Waals surface area contributed by atoms with Crippen LogP contribution >= 0.6 is 0 Å². The van der Waals surface area contributed by atoms with Crippen molar-refractivity contribution in [2.45, 2.75) is 18.9 Å². The van der Waals surface area contributed by atoms with Crippen LogP contribution in [0.25, 0.3) is 0 Å². The van der Waals surface area contributed by atoms with Crippen molar-refractivity contribution in [3.05, 3.63) is 30.3 Å². The highest BCUT2D eigenvalue weighted by Crippen LogP contribution is 2.20. The minimum atomic E-state index is -0.199. The monoisotopic (exact) mass is 346 g/mol. The second kappa shape index (κ2) is 8.82. The number of carbonyl (C=O) groups excluding carboxylic acids is 2. The van der Waals surface area contributed by atoms with Crippen LogP contribution in [0.4, 0.5) is 10.5 Å². The van der Waals surface area contributed by atoms with Gasteiger partial charge in [-0.2, -0.15) is 0 Å². The molecule has 0 saturated carbocycles. The zero-order valence-electron chi connectivity index (χ0n) is 14.4. The van der Waals surface area contributed by atoms with Crippen molar-refractivity contribution in [1.82, 2.24) is 15.5 Å². The molecule has 1 aromatic rings. The highest BCUT2D eigenvalue weighted by atomic mass is 16.5. The number of rotatable bonds is 6. The molecule has 0 bridgehead atoms. The summed E-state index contributed by atoms with van der Waals surface area (Å²) in [5.41, 5.74) is 0.878. The number of nitrogens with zero attached hydrogens (tertiary/aromatic N) is 2. The molecule has 1 atom stereocenters. The lowest BCUT2D eigenvalue weighted by atomic mass is 10.2. The van der Waals surface area contributed by atoms with E-state index >= 15 is 0 Å². The van der Waals surface area contributed by atoms with Crippen LogP contribution < -0.4 is 15.5 Å². The van der Waals surface area contributed by atoms with E-state index in [4.69, 9.17) is 4.74 Å². The summed E-state index contributed by atoms with van der Waals surface area (Å²) in [6.45, 7) is 5.63. The largest absolute Gasteiger partial charge is 0.379 e. The molecule has 0 unspecified atom stereocenters. The first-order valence-corrected chi connectivity index (χ1v) is 8.92. The first kappa shape index (κ1) is 17.7. The van der Waals surface area contributed by atoms with Crippen molar-refractivity contribution < 1.29 is 14.3 Å². The van der Waals surface area contributed by atoms with E-state index in [1.54, 1.807) is 4.90 Å². The maximum Gasteiger partial charge on any atom is 0.315 e. The first-order valence-electron chi connectivity index (χ1n) is 8.92. The Morgan fingerprint density at radius 1 is 1.20 bits per heavy atom. The lowest BCUT2D eigenvalue weighted by Gasteiger charge is -2.26. The fourth-order valence-corrected chi connectivity index (χ4v) is 3.23. The number of amides is 3. The summed E-state index contributed by atoms with van der Waals surface area (Å²) in [5, 5.41) is 5.78. The number of ether oxygens (including phenoxy) is 1. The van der Waals surface area contributed by atoms with E-state index in [1.807, 2.05) is 30.3 Å². The number of hydrogen-bond acceptors (Lipinski definition) is 4. The van der Waals surface area contributed by atoms with Crippen molar-refractivity contribution >= 4 is 17.6 Å². The van der Waals surface area contributed by atoms with Gasteiger partial charge in [-0.15, -0.1) is 0 Å². The van der Waals surface area contributed by atoms with Crippen molar-refractivity contribution in [2.75, 3.05) is 50.8 Å². The Morgan fingerprint density at radius 2 is 1.96 bits per heavy atom. The molecule has 0 spiro atoms. The van der Waals surface area contributed by atoms with Gasteiger partial charge in [0.05, 0.1) is 19.3 Å². The number of benzene rings is 1. The van der Waals surface area contributed by atoms with E-state index in [9.17, 15) is 9.59 Å². The third-order valence-electron chi connectivity index (χ3n) is 4.57. The van der Waals surface area contributed by atoms with Crippen LogP contribution in [0.3, 0.4) is 0 Å². The van der Waals surface area contributed by atoms with Gasteiger partial charge in [-0.05, 0) is 25.1 Å². The van der Waals surface area contributed by atoms with E-state index in [0.717, 1.165) is 45.0 Å². The van der Waals surface area contributed by atoms with Crippen LogP contribution in [-0.4, -0.2) is 68.8 Å². The Bertz CT molecular complexity index is 575. The number of hydrogen-bond donors (Lipinski definition) is 2. The lowest BCUT2D eigenvalue weighted by Crippen LogP contribution is -2.44. The van der Waals surface area contributed by atoms with Gasteiger partial charge in [-0.1, -0.05) is 18.2 Å². The zero-order chi connectivity index (χ0) is 17.5. The van der Waals surface area contributed by atoms with Gasteiger partial charge in [0.25, 0.3) is 0 Å². The minimum absolute atomic E-state index is 0.0452. The third kappa shape index (κ3) is 5.17. The second-order valence-corrected chi connectivity index (χ2v) is 6.45. The highest BCUT2D eigenvalue weighted by Gasteiger charge is 2.31. The number of anilines is 1. The molecule has 0 aliphatic carbocycles. The van der Waals surface area contributed by atoms with E-state index in [1.165, 1.54) is 0 Å². The Balaban J connectivity index is 1.35. The molecular weight excluding hydrogens is 320 g/mol. The molecule has 136 valence electrons. The quantitative estimate of drug-likeness (QED) is 0.748. The van der Waals surface area contributed by atoms with Crippen molar-refractivity contribution in [2.24, 2.45) is 0 Å². The SMILES string of the molecule is O=C(NCCCN1CCOCC1)N[C@H]1CC(=O)N(c2ccccc2)C1. The van der Waals surface area contributed by atoms with Gasteiger partial charge in [0.2, 0.25) is 5.91 Å². The number of carbonyl (C=O) groups is 2. The first-order chi connectivity index (χ1) is 12.2. The van der Waals surface area contributed by atoms with Gasteiger partial charge in [-0.25, -0.2) is 4.79 Å². The van der Waals surface area contributed by atoms with Crippen LogP contribution in [0.2, 0.25) is 0 Å². The van der Waals surface area contributed by atoms with Crippen LogP contribution in [-0.2, 0) is 9.53 Å². The smallest absolute Gasteiger partial charge is 0.315 e. The predicted molar refractivity (Wildman–Crippen MR) is 95.6 cm³/mol. The fourth-order valence-electron chi connectivity index (χ4n) is 3.23. The molecule has 7 heteroatoms. The number of nitrogens with one attached hydrogen (secondary N) is 2. The molecule has 2 fully saturated rings. The Labute approximate surface area is 148 Å². The molecule has 7 nitrogen and oxygen atoms in total. The number of urea groups is 1. The summed E-state index contributed by atoms with van der Waals surface area (Å²) in [7, 11) is 0. The molecule has 3 amide bonds. The molecule has 2 N–H and O–H groups in total. The third-order valence-corrected chi connectivity index (χ3v) is 4.57. The van der Waals surface area contributed by atoms with E-state index in [0.29, 0.717) is 19.5 Å². The van der Waals surface area contributed by atoms with Crippen LogP contribution in [0.1, 0.15) is 12.8 Å². The van der Waals surface area contributed by atoms with E-state index < -0.39 is 0 Å². The fraction of sp³-hybridized carbons (Fsp3) is 0.556. The molecule has 2 heterocycles. The summed E-state index contributed by atoms with van der Waals surface area (Å²) in [6, 6.07) is 9.21. The van der Waals surface area contributed by atoms with Gasteiger partial charge in [0, 0.05) is 38.3 Å².